The van der Waals surface area contributed by atoms with E-state index in [0.29, 0.717) is 19.4 Å². The van der Waals surface area contributed by atoms with Crippen molar-refractivity contribution in [1.82, 2.24) is 31.0 Å². The summed E-state index contributed by atoms with van der Waals surface area (Å²) in [7, 11) is 0. The highest BCUT2D eigenvalue weighted by Crippen LogP contribution is 2.36. The highest BCUT2D eigenvalue weighted by Gasteiger charge is 2.43. The van der Waals surface area contributed by atoms with Crippen LogP contribution < -0.4 is 16.1 Å². The molecule has 3 unspecified atom stereocenters. The van der Waals surface area contributed by atoms with Crippen molar-refractivity contribution in [3.05, 3.63) is 47.7 Å². The second-order valence-corrected chi connectivity index (χ2v) is 18.0. The molecule has 1 aromatic carbocycles. The molecule has 2 aliphatic heterocycles. The average molecular weight is 824 g/mol. The topological polar surface area (TPSA) is 159 Å². The van der Waals surface area contributed by atoms with Gasteiger partial charge in [0.2, 0.25) is 15.6 Å². The summed E-state index contributed by atoms with van der Waals surface area (Å²) in [4.78, 5) is 73.4. The fraction of sp³-hybridized carbons (Fsp3) is 0.590. The van der Waals surface area contributed by atoms with Crippen molar-refractivity contribution in [3.63, 3.8) is 0 Å². The SMILES string of the molecule is CCc1ccc2ccc(/C=C/C3(C(=O)NC(C(=O)NC(C)C(=O)N4CCCC(C(=O)OCC(Cl)(Cl)Cl)N4)C(C)C)CCN(C(=O)OC(C)(C)C)CC3)cc2n1. The van der Waals surface area contributed by atoms with Gasteiger partial charge < -0.3 is 25.0 Å². The Balaban J connectivity index is 1.50. The number of rotatable bonds is 11. The molecule has 55 heavy (non-hydrogen) atoms. The number of aryl methyl sites for hydroxylation is 1. The number of halogens is 3. The Morgan fingerprint density at radius 1 is 1.02 bits per heavy atom. The Bertz CT molecular complexity index is 1750. The molecule has 4 amide bonds. The molecule has 3 heterocycles. The van der Waals surface area contributed by atoms with Crippen LogP contribution in [0.15, 0.2) is 36.4 Å². The molecule has 2 aliphatic rings. The number of pyridine rings is 1. The summed E-state index contributed by atoms with van der Waals surface area (Å²) in [5, 5.41) is 7.99. The van der Waals surface area contributed by atoms with E-state index in [4.69, 9.17) is 49.3 Å². The van der Waals surface area contributed by atoms with Gasteiger partial charge >= 0.3 is 12.1 Å². The van der Waals surface area contributed by atoms with E-state index in [0.717, 1.165) is 28.6 Å². The number of carbonyl (C=O) groups is 5. The smallest absolute Gasteiger partial charge is 0.410 e. The van der Waals surface area contributed by atoms with Crippen LogP contribution in [0.25, 0.3) is 17.0 Å². The molecule has 16 heteroatoms. The van der Waals surface area contributed by atoms with Crippen molar-refractivity contribution in [3.8, 4) is 0 Å². The molecule has 2 saturated heterocycles. The summed E-state index contributed by atoms with van der Waals surface area (Å²) >= 11 is 17.1. The summed E-state index contributed by atoms with van der Waals surface area (Å²) in [5.74, 6) is -2.42. The number of piperidine rings is 1. The molecular formula is C39H53Cl3N6O7. The number of nitrogens with one attached hydrogen (secondary N) is 3. The van der Waals surface area contributed by atoms with Gasteiger partial charge in [0.25, 0.3) is 5.91 Å². The number of likely N-dealkylation sites (tertiary alicyclic amines) is 1. The van der Waals surface area contributed by atoms with Gasteiger partial charge in [-0.15, -0.1) is 0 Å². The predicted molar refractivity (Wildman–Crippen MR) is 213 cm³/mol. The normalized spacial score (nSPS) is 18.9. The van der Waals surface area contributed by atoms with Crippen LogP contribution in [0.3, 0.4) is 0 Å². The minimum Gasteiger partial charge on any atom is -0.460 e. The fourth-order valence-corrected chi connectivity index (χ4v) is 6.57. The molecule has 1 aromatic heterocycles. The number of hydrogen-bond donors (Lipinski definition) is 3. The number of aromatic nitrogens is 1. The van der Waals surface area contributed by atoms with Gasteiger partial charge in [-0.25, -0.2) is 10.2 Å². The number of fused-ring (bicyclic) bond motifs is 1. The zero-order valence-corrected chi connectivity index (χ0v) is 34.8. The summed E-state index contributed by atoms with van der Waals surface area (Å²) in [6.45, 7) is 13.0. The zero-order chi connectivity index (χ0) is 40.7. The van der Waals surface area contributed by atoms with Crippen molar-refractivity contribution in [2.24, 2.45) is 11.3 Å². The molecule has 3 N–H and O–H groups in total. The van der Waals surface area contributed by atoms with E-state index in [-0.39, 0.29) is 37.8 Å². The summed E-state index contributed by atoms with van der Waals surface area (Å²) < 4.78 is 8.90. The van der Waals surface area contributed by atoms with Gasteiger partial charge in [0, 0.05) is 30.7 Å². The molecular weight excluding hydrogens is 771 g/mol. The number of hydrogen-bond acceptors (Lipinski definition) is 9. The van der Waals surface area contributed by atoms with Crippen molar-refractivity contribution < 1.29 is 33.4 Å². The molecule has 0 saturated carbocycles. The predicted octanol–water partition coefficient (Wildman–Crippen LogP) is 5.88. The van der Waals surface area contributed by atoms with Crippen LogP contribution in [0, 0.1) is 11.3 Å². The lowest BCUT2D eigenvalue weighted by Gasteiger charge is -2.40. The van der Waals surface area contributed by atoms with Crippen LogP contribution in [-0.2, 0) is 35.1 Å². The van der Waals surface area contributed by atoms with Crippen LogP contribution in [-0.4, -0.2) is 98.4 Å². The molecule has 0 aliphatic carbocycles. The van der Waals surface area contributed by atoms with Crippen LogP contribution in [0.5, 0.6) is 0 Å². The van der Waals surface area contributed by atoms with E-state index in [1.165, 1.54) is 11.9 Å². The molecule has 0 spiro atoms. The van der Waals surface area contributed by atoms with E-state index in [1.807, 2.05) is 49.4 Å². The number of nitrogens with zero attached hydrogens (tertiary/aromatic N) is 3. The van der Waals surface area contributed by atoms with Crippen molar-refractivity contribution in [1.29, 1.82) is 0 Å². The standard InChI is InChI=1S/C39H53Cl3N6O7/c1-8-28-14-13-27-12-11-26(22-30(27)44-28)15-16-38(17-20-47(21-18-38)36(53)55-37(5,6)7)35(52)45-31(24(2)3)32(49)43-25(4)33(50)48-19-9-10-29(46-48)34(51)54-23-39(40,41)42/h11-16,22,24-25,29,31,46H,8-10,17-21,23H2,1-7H3,(H,43,49)(H,45,52)/b16-15+. The van der Waals surface area contributed by atoms with Crippen LogP contribution in [0.4, 0.5) is 4.79 Å². The average Bonchev–Trinajstić information content (AvgIpc) is 3.13. The fourth-order valence-electron chi connectivity index (χ4n) is 6.40. The highest BCUT2D eigenvalue weighted by atomic mass is 35.6. The van der Waals surface area contributed by atoms with Gasteiger partial charge in [0.05, 0.1) is 10.9 Å². The maximum absolute atomic E-state index is 14.4. The van der Waals surface area contributed by atoms with Gasteiger partial charge in [-0.2, -0.15) is 0 Å². The second kappa shape index (κ2) is 18.5. The van der Waals surface area contributed by atoms with Crippen LogP contribution >= 0.6 is 34.8 Å². The van der Waals surface area contributed by atoms with Crippen LogP contribution in [0.2, 0.25) is 0 Å². The van der Waals surface area contributed by atoms with Gasteiger partial charge in [-0.1, -0.05) is 85.9 Å². The molecule has 302 valence electrons. The van der Waals surface area contributed by atoms with E-state index in [9.17, 15) is 24.0 Å². The molecule has 0 bridgehead atoms. The lowest BCUT2D eigenvalue weighted by Crippen LogP contribution is -2.61. The lowest BCUT2D eigenvalue weighted by atomic mass is 9.76. The van der Waals surface area contributed by atoms with E-state index in [2.05, 4.69) is 16.1 Å². The number of amides is 4. The van der Waals surface area contributed by atoms with E-state index < -0.39 is 63.4 Å². The highest BCUT2D eigenvalue weighted by molar-refractivity contribution is 6.67. The lowest BCUT2D eigenvalue weighted by molar-refractivity contribution is -0.152. The number of hydrazine groups is 1. The second-order valence-electron chi connectivity index (χ2n) is 15.5. The first-order valence-electron chi connectivity index (χ1n) is 18.7. The quantitative estimate of drug-likeness (QED) is 0.186. The largest absolute Gasteiger partial charge is 0.460 e. The Morgan fingerprint density at radius 3 is 2.31 bits per heavy atom. The number of benzene rings is 1. The third-order valence-electron chi connectivity index (χ3n) is 9.57. The van der Waals surface area contributed by atoms with E-state index >= 15 is 0 Å². The minimum atomic E-state index is -1.78. The molecule has 3 atom stereocenters. The van der Waals surface area contributed by atoms with Crippen molar-refractivity contribution >= 4 is 81.6 Å². The Hall–Kier alpha value is -3.65. The van der Waals surface area contributed by atoms with Crippen LogP contribution in [0.1, 0.15) is 85.4 Å². The molecule has 2 fully saturated rings. The minimum absolute atomic E-state index is 0.262. The molecule has 0 radical (unpaired) electrons. The first-order valence-corrected chi connectivity index (χ1v) is 19.8. The van der Waals surface area contributed by atoms with Crippen molar-refractivity contribution in [2.75, 3.05) is 26.2 Å². The third-order valence-corrected chi connectivity index (χ3v) is 9.90. The summed E-state index contributed by atoms with van der Waals surface area (Å²) in [5.41, 5.74) is 3.78. The Kier molecular flexibility index (Phi) is 14.8. The molecule has 13 nitrogen and oxygen atoms in total. The molecule has 2 aromatic rings. The number of ether oxygens (including phenoxy) is 2. The maximum atomic E-state index is 14.4. The van der Waals surface area contributed by atoms with Gasteiger partial charge in [-0.3, -0.25) is 29.2 Å². The monoisotopic (exact) mass is 822 g/mol. The van der Waals surface area contributed by atoms with E-state index in [1.54, 1.807) is 39.5 Å². The molecule has 4 rings (SSSR count). The number of esters is 1. The zero-order valence-electron chi connectivity index (χ0n) is 32.5. The first kappa shape index (κ1) is 44.1. The Morgan fingerprint density at radius 2 is 1.69 bits per heavy atom. The van der Waals surface area contributed by atoms with Gasteiger partial charge in [0.1, 0.15) is 30.3 Å². The first-order chi connectivity index (χ1) is 25.7. The van der Waals surface area contributed by atoms with Gasteiger partial charge in [0.15, 0.2) is 0 Å². The maximum Gasteiger partial charge on any atom is 0.410 e. The number of carbonyl (C=O) groups excluding carboxylic acids is 5. The third kappa shape index (κ3) is 12.4. The Labute approximate surface area is 338 Å². The van der Waals surface area contributed by atoms with Crippen molar-refractivity contribution in [2.45, 2.75) is 108 Å². The van der Waals surface area contributed by atoms with Gasteiger partial charge in [-0.05, 0) is 83.4 Å². The summed E-state index contributed by atoms with van der Waals surface area (Å²) in [6.07, 6.45) is 5.56. The summed E-state index contributed by atoms with van der Waals surface area (Å²) in [6, 6.07) is 7.12. The number of alkyl halides is 3.